The van der Waals surface area contributed by atoms with Crippen molar-refractivity contribution in [1.29, 1.82) is 0 Å². The van der Waals surface area contributed by atoms with Crippen LogP contribution in [-0.2, 0) is 11.2 Å². The van der Waals surface area contributed by atoms with Crippen molar-refractivity contribution in [2.75, 3.05) is 18.5 Å². The van der Waals surface area contributed by atoms with Gasteiger partial charge in [-0.1, -0.05) is 32.0 Å². The van der Waals surface area contributed by atoms with E-state index in [1.165, 1.54) is 24.1 Å². The lowest BCUT2D eigenvalue weighted by Gasteiger charge is -2.16. The fourth-order valence-corrected chi connectivity index (χ4v) is 2.44. The summed E-state index contributed by atoms with van der Waals surface area (Å²) in [6.07, 6.45) is 5.06. The second-order valence-corrected chi connectivity index (χ2v) is 5.61. The van der Waals surface area contributed by atoms with Crippen molar-refractivity contribution in [2.45, 2.75) is 45.6 Å². The van der Waals surface area contributed by atoms with Crippen molar-refractivity contribution in [3.8, 4) is 0 Å². The van der Waals surface area contributed by atoms with Gasteiger partial charge in [-0.15, -0.1) is 0 Å². The molecule has 0 saturated heterocycles. The van der Waals surface area contributed by atoms with E-state index in [2.05, 4.69) is 43.4 Å². The molecule has 18 heavy (non-hydrogen) atoms. The lowest BCUT2D eigenvalue weighted by Crippen LogP contribution is -2.22. The first-order chi connectivity index (χ1) is 8.75. The van der Waals surface area contributed by atoms with E-state index in [4.69, 9.17) is 4.74 Å². The number of para-hydroxylation sites is 1. The summed E-state index contributed by atoms with van der Waals surface area (Å²) in [6, 6.07) is 8.58. The highest BCUT2D eigenvalue weighted by atomic mass is 16.5. The van der Waals surface area contributed by atoms with Crippen LogP contribution in [0.5, 0.6) is 0 Å². The molecule has 0 radical (unpaired) electrons. The van der Waals surface area contributed by atoms with Gasteiger partial charge in [-0.3, -0.25) is 0 Å². The van der Waals surface area contributed by atoms with Crippen molar-refractivity contribution < 1.29 is 4.74 Å². The quantitative estimate of drug-likeness (QED) is 0.798. The first-order valence-corrected chi connectivity index (χ1v) is 7.19. The molecule has 1 aromatic carbocycles. The Bertz CT molecular complexity index is 335. The zero-order valence-corrected chi connectivity index (χ0v) is 11.6. The van der Waals surface area contributed by atoms with E-state index in [1.807, 2.05) is 0 Å². The standard InChI is InChI=1S/C16H25NO/c1-13(2)6-5-11-18-15-10-9-14-7-3-4-8-16(14)17-12-15/h3-4,7-8,13,15,17H,5-6,9-12H2,1-2H3. The Morgan fingerprint density at radius 2 is 2.17 bits per heavy atom. The van der Waals surface area contributed by atoms with Crippen molar-refractivity contribution in [3.05, 3.63) is 29.8 Å². The Kier molecular flexibility index (Phi) is 5.06. The summed E-state index contributed by atoms with van der Waals surface area (Å²) >= 11 is 0. The molecule has 1 N–H and O–H groups in total. The maximum Gasteiger partial charge on any atom is 0.0750 e. The van der Waals surface area contributed by atoms with Crippen LogP contribution in [0.25, 0.3) is 0 Å². The van der Waals surface area contributed by atoms with Crippen LogP contribution < -0.4 is 5.32 Å². The van der Waals surface area contributed by atoms with Gasteiger partial charge >= 0.3 is 0 Å². The van der Waals surface area contributed by atoms with Gasteiger partial charge in [0.25, 0.3) is 0 Å². The maximum atomic E-state index is 5.98. The Labute approximate surface area is 111 Å². The molecule has 0 saturated carbocycles. The number of fused-ring (bicyclic) bond motifs is 1. The number of hydrogen-bond donors (Lipinski definition) is 1. The molecule has 1 aliphatic rings. The molecule has 0 aliphatic carbocycles. The minimum atomic E-state index is 0.365. The van der Waals surface area contributed by atoms with Gasteiger partial charge in [-0.05, 0) is 43.2 Å². The minimum absolute atomic E-state index is 0.365. The molecule has 1 aromatic rings. The lowest BCUT2D eigenvalue weighted by molar-refractivity contribution is 0.0535. The zero-order chi connectivity index (χ0) is 12.8. The van der Waals surface area contributed by atoms with Gasteiger partial charge < -0.3 is 10.1 Å². The Morgan fingerprint density at radius 3 is 3.00 bits per heavy atom. The van der Waals surface area contributed by atoms with E-state index in [0.717, 1.165) is 31.9 Å². The molecule has 1 aliphatic heterocycles. The number of ether oxygens (including phenoxy) is 1. The molecule has 0 fully saturated rings. The number of hydrogen-bond acceptors (Lipinski definition) is 2. The van der Waals surface area contributed by atoms with Gasteiger partial charge in [0.2, 0.25) is 0 Å². The molecular weight excluding hydrogens is 222 g/mol. The van der Waals surface area contributed by atoms with Gasteiger partial charge in [0.15, 0.2) is 0 Å². The Morgan fingerprint density at radius 1 is 1.33 bits per heavy atom. The van der Waals surface area contributed by atoms with Crippen LogP contribution in [0.1, 0.15) is 38.7 Å². The van der Waals surface area contributed by atoms with E-state index >= 15 is 0 Å². The van der Waals surface area contributed by atoms with Crippen molar-refractivity contribution >= 4 is 5.69 Å². The molecule has 1 heterocycles. The summed E-state index contributed by atoms with van der Waals surface area (Å²) in [5.74, 6) is 0.783. The van der Waals surface area contributed by atoms with E-state index < -0.39 is 0 Å². The van der Waals surface area contributed by atoms with Crippen molar-refractivity contribution in [2.24, 2.45) is 5.92 Å². The number of anilines is 1. The average molecular weight is 247 g/mol. The Hall–Kier alpha value is -1.02. The summed E-state index contributed by atoms with van der Waals surface area (Å²) in [5, 5.41) is 3.50. The van der Waals surface area contributed by atoms with Crippen LogP contribution in [0, 0.1) is 5.92 Å². The van der Waals surface area contributed by atoms with Crippen molar-refractivity contribution in [1.82, 2.24) is 0 Å². The third-order valence-electron chi connectivity index (χ3n) is 3.55. The van der Waals surface area contributed by atoms with Crippen LogP contribution in [0.2, 0.25) is 0 Å². The molecular formula is C16H25NO. The SMILES string of the molecule is CC(C)CCCOC1CCc2ccccc2NC1. The molecule has 2 nitrogen and oxygen atoms in total. The monoisotopic (exact) mass is 247 g/mol. The first-order valence-electron chi connectivity index (χ1n) is 7.19. The molecule has 2 heteroatoms. The second-order valence-electron chi connectivity index (χ2n) is 5.61. The molecule has 1 atom stereocenters. The van der Waals surface area contributed by atoms with Gasteiger partial charge in [-0.25, -0.2) is 0 Å². The van der Waals surface area contributed by atoms with Gasteiger partial charge in [-0.2, -0.15) is 0 Å². The largest absolute Gasteiger partial charge is 0.382 e. The van der Waals surface area contributed by atoms with E-state index in [9.17, 15) is 0 Å². The summed E-state index contributed by atoms with van der Waals surface area (Å²) < 4.78 is 5.98. The summed E-state index contributed by atoms with van der Waals surface area (Å²) in [4.78, 5) is 0. The van der Waals surface area contributed by atoms with E-state index in [-0.39, 0.29) is 0 Å². The first kappa shape index (κ1) is 13.4. The second kappa shape index (κ2) is 6.79. The number of benzene rings is 1. The van der Waals surface area contributed by atoms with Gasteiger partial charge in [0.05, 0.1) is 6.10 Å². The van der Waals surface area contributed by atoms with Crippen LogP contribution in [0.3, 0.4) is 0 Å². The van der Waals surface area contributed by atoms with Crippen molar-refractivity contribution in [3.63, 3.8) is 0 Å². The molecule has 1 unspecified atom stereocenters. The van der Waals surface area contributed by atoms with E-state index in [0.29, 0.717) is 6.10 Å². The normalized spacial score (nSPS) is 19.2. The van der Waals surface area contributed by atoms with Crippen LogP contribution in [0.4, 0.5) is 5.69 Å². The fraction of sp³-hybridized carbons (Fsp3) is 0.625. The number of aryl methyl sites for hydroxylation is 1. The summed E-state index contributed by atoms with van der Waals surface area (Å²) in [7, 11) is 0. The van der Waals surface area contributed by atoms with Gasteiger partial charge in [0.1, 0.15) is 0 Å². The minimum Gasteiger partial charge on any atom is -0.382 e. The molecule has 0 aromatic heterocycles. The van der Waals surface area contributed by atoms with Gasteiger partial charge in [0, 0.05) is 18.8 Å². The van der Waals surface area contributed by atoms with E-state index in [1.54, 1.807) is 0 Å². The fourth-order valence-electron chi connectivity index (χ4n) is 2.44. The number of rotatable bonds is 5. The smallest absolute Gasteiger partial charge is 0.0750 e. The summed E-state index contributed by atoms with van der Waals surface area (Å²) in [6.45, 7) is 6.38. The Balaban J connectivity index is 1.74. The molecule has 0 bridgehead atoms. The third-order valence-corrected chi connectivity index (χ3v) is 3.55. The molecule has 100 valence electrons. The highest BCUT2D eigenvalue weighted by molar-refractivity contribution is 5.51. The average Bonchev–Trinajstić information content (AvgIpc) is 2.57. The maximum absolute atomic E-state index is 5.98. The van der Waals surface area contributed by atoms with Crippen LogP contribution >= 0.6 is 0 Å². The lowest BCUT2D eigenvalue weighted by atomic mass is 10.1. The molecule has 2 rings (SSSR count). The zero-order valence-electron chi connectivity index (χ0n) is 11.6. The predicted molar refractivity (Wildman–Crippen MR) is 77.1 cm³/mol. The van der Waals surface area contributed by atoms with Crippen LogP contribution in [0.15, 0.2) is 24.3 Å². The highest BCUT2D eigenvalue weighted by Gasteiger charge is 2.15. The predicted octanol–water partition coefficient (Wildman–Crippen LogP) is 3.87. The number of nitrogens with one attached hydrogen (secondary N) is 1. The topological polar surface area (TPSA) is 21.3 Å². The molecule has 0 amide bonds. The highest BCUT2D eigenvalue weighted by Crippen LogP contribution is 2.22. The molecule has 0 spiro atoms. The van der Waals surface area contributed by atoms with Crippen LogP contribution in [-0.4, -0.2) is 19.3 Å². The third kappa shape index (κ3) is 4.02. The summed E-state index contributed by atoms with van der Waals surface area (Å²) in [5.41, 5.74) is 2.71.